The van der Waals surface area contributed by atoms with Gasteiger partial charge in [0, 0.05) is 12.4 Å². The van der Waals surface area contributed by atoms with Gasteiger partial charge < -0.3 is 4.57 Å². The van der Waals surface area contributed by atoms with Crippen molar-refractivity contribution < 1.29 is 13.2 Å². The Morgan fingerprint density at radius 3 is 2.04 bits per heavy atom. The van der Waals surface area contributed by atoms with Crippen molar-refractivity contribution in [1.29, 1.82) is 0 Å². The Bertz CT molecular complexity index is 977. The Labute approximate surface area is 144 Å². The summed E-state index contributed by atoms with van der Waals surface area (Å²) in [5, 5.41) is 4.84. The molecule has 0 aliphatic rings. The number of fused-ring (bicyclic) bond motifs is 1. The molecule has 4 nitrogen and oxygen atoms in total. The van der Waals surface area contributed by atoms with Crippen LogP contribution in [-0.4, -0.2) is 19.3 Å². The summed E-state index contributed by atoms with van der Waals surface area (Å²) >= 11 is 0. The smallest absolute Gasteiger partial charge is 0.329 e. The minimum atomic E-state index is -4.45. The maximum Gasteiger partial charge on any atom is 0.431 e. The molecule has 0 bridgehead atoms. The average Bonchev–Trinajstić information content (AvgIpc) is 3.04. The largest absolute Gasteiger partial charge is 0.431 e. The zero-order valence-corrected chi connectivity index (χ0v) is 15.2. The van der Waals surface area contributed by atoms with E-state index < -0.39 is 11.9 Å². The lowest BCUT2D eigenvalue weighted by molar-refractivity contribution is -0.143. The summed E-state index contributed by atoms with van der Waals surface area (Å²) in [6.07, 6.45) is -2.95. The number of aryl methyl sites for hydroxylation is 4. The topological polar surface area (TPSA) is 35.6 Å². The van der Waals surface area contributed by atoms with Crippen LogP contribution in [0, 0.1) is 34.6 Å². The van der Waals surface area contributed by atoms with Gasteiger partial charge in [-0.25, -0.2) is 4.98 Å². The van der Waals surface area contributed by atoms with Gasteiger partial charge in [0.2, 0.25) is 0 Å². The van der Waals surface area contributed by atoms with E-state index in [-0.39, 0.29) is 12.1 Å². The van der Waals surface area contributed by atoms with Crippen LogP contribution in [0.2, 0.25) is 0 Å². The fraction of sp³-hybridized carbons (Fsp3) is 0.444. The first-order valence-corrected chi connectivity index (χ1v) is 8.04. The summed E-state index contributed by atoms with van der Waals surface area (Å²) in [7, 11) is 1.70. The van der Waals surface area contributed by atoms with Gasteiger partial charge in [-0.3, -0.25) is 4.68 Å². The lowest BCUT2D eigenvalue weighted by Gasteiger charge is -2.15. The number of benzene rings is 1. The first-order chi connectivity index (χ1) is 11.5. The summed E-state index contributed by atoms with van der Waals surface area (Å²) < 4.78 is 44.4. The Morgan fingerprint density at radius 2 is 1.52 bits per heavy atom. The summed E-state index contributed by atoms with van der Waals surface area (Å²) in [4.78, 5) is 4.11. The molecule has 2 heterocycles. The van der Waals surface area contributed by atoms with Gasteiger partial charge in [-0.05, 0) is 62.4 Å². The fourth-order valence-electron chi connectivity index (χ4n) is 3.64. The molecule has 0 aliphatic heterocycles. The van der Waals surface area contributed by atoms with Crippen LogP contribution in [0.3, 0.4) is 0 Å². The molecule has 0 amide bonds. The van der Waals surface area contributed by atoms with E-state index in [1.54, 1.807) is 14.0 Å². The van der Waals surface area contributed by atoms with E-state index in [0.717, 1.165) is 22.3 Å². The van der Waals surface area contributed by atoms with Crippen LogP contribution in [0.5, 0.6) is 0 Å². The van der Waals surface area contributed by atoms with E-state index in [2.05, 4.69) is 10.1 Å². The number of rotatable bonds is 2. The standard InChI is InChI=1S/C18H21F3N4/c1-9-10(2)12(4)16-15(11(9)3)13(5)17(18(19,20)21)25(16)7-14-22-8-24(6)23-14/h8H,7H2,1-6H3. The van der Waals surface area contributed by atoms with E-state index in [0.29, 0.717) is 16.7 Å². The van der Waals surface area contributed by atoms with Crippen molar-refractivity contribution in [2.45, 2.75) is 47.3 Å². The third-order valence-corrected chi connectivity index (χ3v) is 5.14. The number of aromatic nitrogens is 4. The van der Waals surface area contributed by atoms with E-state index in [1.165, 1.54) is 15.6 Å². The number of halogens is 3. The highest BCUT2D eigenvalue weighted by Crippen LogP contribution is 2.41. The van der Waals surface area contributed by atoms with Crippen LogP contribution >= 0.6 is 0 Å². The Hall–Kier alpha value is -2.31. The number of alkyl halides is 3. The average molecular weight is 350 g/mol. The van der Waals surface area contributed by atoms with Crippen LogP contribution < -0.4 is 0 Å². The molecule has 0 radical (unpaired) electrons. The lowest BCUT2D eigenvalue weighted by atomic mass is 9.94. The van der Waals surface area contributed by atoms with Crippen LogP contribution in [-0.2, 0) is 19.8 Å². The second-order valence-corrected chi connectivity index (χ2v) is 6.62. The minimum Gasteiger partial charge on any atom is -0.329 e. The third kappa shape index (κ3) is 2.62. The van der Waals surface area contributed by atoms with Gasteiger partial charge in [-0.2, -0.15) is 18.3 Å². The van der Waals surface area contributed by atoms with Crippen LogP contribution in [0.15, 0.2) is 6.33 Å². The van der Waals surface area contributed by atoms with Gasteiger partial charge in [-0.1, -0.05) is 0 Å². The van der Waals surface area contributed by atoms with E-state index in [4.69, 9.17) is 0 Å². The van der Waals surface area contributed by atoms with Gasteiger partial charge in [0.1, 0.15) is 12.0 Å². The van der Waals surface area contributed by atoms with E-state index >= 15 is 0 Å². The van der Waals surface area contributed by atoms with Gasteiger partial charge >= 0.3 is 6.18 Å². The van der Waals surface area contributed by atoms with Crippen molar-refractivity contribution in [2.75, 3.05) is 0 Å². The second-order valence-electron chi connectivity index (χ2n) is 6.62. The number of nitrogens with zero attached hydrogens (tertiary/aromatic N) is 4. The third-order valence-electron chi connectivity index (χ3n) is 5.14. The van der Waals surface area contributed by atoms with E-state index in [9.17, 15) is 13.2 Å². The Morgan fingerprint density at radius 1 is 0.920 bits per heavy atom. The van der Waals surface area contributed by atoms with Crippen LogP contribution in [0.25, 0.3) is 10.9 Å². The van der Waals surface area contributed by atoms with Crippen molar-refractivity contribution in [1.82, 2.24) is 19.3 Å². The summed E-state index contributed by atoms with van der Waals surface area (Å²) in [5.74, 6) is 0.361. The van der Waals surface area contributed by atoms with E-state index in [1.807, 2.05) is 27.7 Å². The molecule has 0 N–H and O–H groups in total. The highest BCUT2D eigenvalue weighted by molar-refractivity contribution is 5.93. The molecule has 134 valence electrons. The lowest BCUT2D eigenvalue weighted by Crippen LogP contribution is -2.16. The molecule has 0 spiro atoms. The normalized spacial score (nSPS) is 12.4. The summed E-state index contributed by atoms with van der Waals surface area (Å²) in [6, 6.07) is 0. The van der Waals surface area contributed by atoms with Gasteiger partial charge in [-0.15, -0.1) is 0 Å². The predicted octanol–water partition coefficient (Wildman–Crippen LogP) is 4.38. The molecule has 3 aromatic rings. The quantitative estimate of drug-likeness (QED) is 0.688. The van der Waals surface area contributed by atoms with Crippen molar-refractivity contribution >= 4 is 10.9 Å². The molecule has 0 saturated carbocycles. The number of hydrogen-bond donors (Lipinski definition) is 0. The van der Waals surface area contributed by atoms with Gasteiger partial charge in [0.25, 0.3) is 0 Å². The second kappa shape index (κ2) is 5.61. The Kier molecular flexibility index (Phi) is 3.93. The molecule has 2 aromatic heterocycles. The maximum absolute atomic E-state index is 13.9. The molecule has 7 heteroatoms. The highest BCUT2D eigenvalue weighted by Gasteiger charge is 2.39. The SMILES string of the molecule is Cc1c(C)c(C)c2c(c1C)c(C)c(C(F)(F)F)n2Cc1ncn(C)n1. The van der Waals surface area contributed by atoms with Crippen LogP contribution in [0.1, 0.15) is 39.3 Å². The molecular weight excluding hydrogens is 329 g/mol. The molecular formula is C18H21F3N4. The monoisotopic (exact) mass is 350 g/mol. The molecule has 25 heavy (non-hydrogen) atoms. The highest BCUT2D eigenvalue weighted by atomic mass is 19.4. The molecule has 0 aliphatic carbocycles. The van der Waals surface area contributed by atoms with Gasteiger partial charge in [0.15, 0.2) is 5.82 Å². The van der Waals surface area contributed by atoms with Crippen LogP contribution in [0.4, 0.5) is 13.2 Å². The maximum atomic E-state index is 13.9. The molecule has 3 rings (SSSR count). The first kappa shape index (κ1) is 17.5. The molecule has 0 saturated heterocycles. The zero-order valence-electron chi connectivity index (χ0n) is 15.2. The van der Waals surface area contributed by atoms with Crippen molar-refractivity contribution in [3.8, 4) is 0 Å². The van der Waals surface area contributed by atoms with Gasteiger partial charge in [0.05, 0.1) is 12.1 Å². The predicted molar refractivity (Wildman–Crippen MR) is 90.7 cm³/mol. The van der Waals surface area contributed by atoms with Crippen molar-refractivity contribution in [3.63, 3.8) is 0 Å². The zero-order chi connectivity index (χ0) is 18.7. The number of hydrogen-bond acceptors (Lipinski definition) is 2. The molecule has 0 atom stereocenters. The van der Waals surface area contributed by atoms with Crippen molar-refractivity contribution in [3.05, 3.63) is 45.7 Å². The molecule has 0 fully saturated rings. The Balaban J connectivity index is 2.43. The molecule has 1 aromatic carbocycles. The fourth-order valence-corrected chi connectivity index (χ4v) is 3.64. The molecule has 0 unspecified atom stereocenters. The first-order valence-electron chi connectivity index (χ1n) is 8.04. The summed E-state index contributed by atoms with van der Waals surface area (Å²) in [5.41, 5.74) is 4.09. The minimum absolute atomic E-state index is 0.0111. The summed E-state index contributed by atoms with van der Waals surface area (Å²) in [6.45, 7) is 9.22. The van der Waals surface area contributed by atoms with Crippen molar-refractivity contribution in [2.24, 2.45) is 7.05 Å².